The van der Waals surface area contributed by atoms with Crippen LogP contribution in [-0.4, -0.2) is 24.9 Å². The van der Waals surface area contributed by atoms with Gasteiger partial charge in [-0.05, 0) is 24.3 Å². The van der Waals surface area contributed by atoms with Crippen LogP contribution in [0.15, 0.2) is 24.3 Å². The van der Waals surface area contributed by atoms with Crippen molar-refractivity contribution in [2.45, 2.75) is 0 Å². The summed E-state index contributed by atoms with van der Waals surface area (Å²) in [7, 11) is 1.22. The number of halogens is 2. The third-order valence-corrected chi connectivity index (χ3v) is 3.28. The summed E-state index contributed by atoms with van der Waals surface area (Å²) in [6.45, 7) is -0.0306. The highest BCUT2D eigenvalue weighted by molar-refractivity contribution is 6.33. The molecule has 0 unspecified atom stereocenters. The minimum Gasteiger partial charge on any atom is -0.464 e. The molecule has 5 nitrogen and oxygen atoms in total. The van der Waals surface area contributed by atoms with E-state index < -0.39 is 11.8 Å². The Hall–Kier alpha value is -2.34. The van der Waals surface area contributed by atoms with E-state index in [0.29, 0.717) is 5.75 Å². The molecule has 0 fully saturated rings. The monoisotopic (exact) mass is 309 g/mol. The quantitative estimate of drug-likeness (QED) is 0.798. The van der Waals surface area contributed by atoms with Gasteiger partial charge in [-0.1, -0.05) is 11.6 Å². The van der Waals surface area contributed by atoms with Crippen LogP contribution >= 0.6 is 11.6 Å². The van der Waals surface area contributed by atoms with E-state index in [-0.39, 0.29) is 34.5 Å². The molecule has 108 valence electrons. The Balaban J connectivity index is 2.11. The summed E-state index contributed by atoms with van der Waals surface area (Å²) in [5.74, 6) is -0.930. The second-order valence-electron chi connectivity index (χ2n) is 4.18. The number of ether oxygens (including phenoxy) is 3. The molecule has 21 heavy (non-hydrogen) atoms. The number of methoxy groups -OCH3 is 1. The van der Waals surface area contributed by atoms with Crippen LogP contribution in [0.3, 0.4) is 0 Å². The maximum absolute atomic E-state index is 14.4. The van der Waals surface area contributed by atoms with E-state index in [9.17, 15) is 9.18 Å². The van der Waals surface area contributed by atoms with E-state index in [1.165, 1.54) is 25.3 Å². The smallest absolute Gasteiger partial charge is 0.358 e. The van der Waals surface area contributed by atoms with Gasteiger partial charge in [-0.2, -0.15) is 0 Å². The van der Waals surface area contributed by atoms with E-state index in [1.807, 2.05) is 0 Å². The van der Waals surface area contributed by atoms with E-state index >= 15 is 0 Å². The van der Waals surface area contributed by atoms with Gasteiger partial charge in [0.1, 0.15) is 0 Å². The Morgan fingerprint density at radius 3 is 2.90 bits per heavy atom. The summed E-state index contributed by atoms with van der Waals surface area (Å²) < 4.78 is 29.1. The molecule has 0 saturated carbocycles. The molecule has 2 aromatic rings. The lowest BCUT2D eigenvalue weighted by atomic mass is 10.1. The molecule has 0 saturated heterocycles. The third kappa shape index (κ3) is 2.27. The first kappa shape index (κ1) is 13.6. The number of fused-ring (bicyclic) bond motifs is 1. The standard InChI is InChI=1S/C14H9ClFNO4/c1-19-14(18)12-8(15)3-4-9(17-12)7-2-5-10-13(11(7)16)21-6-20-10/h2-5H,6H2,1H3. The fraction of sp³-hybridized carbons (Fsp3) is 0.143. The van der Waals surface area contributed by atoms with Crippen molar-refractivity contribution < 1.29 is 23.4 Å². The van der Waals surface area contributed by atoms with Crippen molar-refractivity contribution in [2.75, 3.05) is 13.9 Å². The number of aromatic nitrogens is 1. The number of nitrogens with zero attached hydrogens (tertiary/aromatic N) is 1. The Bertz CT molecular complexity index is 735. The van der Waals surface area contributed by atoms with Crippen molar-refractivity contribution in [3.8, 4) is 22.8 Å². The van der Waals surface area contributed by atoms with Gasteiger partial charge in [-0.25, -0.2) is 14.2 Å². The molecule has 1 aromatic heterocycles. The van der Waals surface area contributed by atoms with Crippen LogP contribution in [0.2, 0.25) is 5.02 Å². The third-order valence-electron chi connectivity index (χ3n) is 2.98. The second kappa shape index (κ2) is 5.21. The number of esters is 1. The molecule has 1 aliphatic heterocycles. The number of benzene rings is 1. The summed E-state index contributed by atoms with van der Waals surface area (Å²) in [5.41, 5.74) is 0.352. The van der Waals surface area contributed by atoms with Gasteiger partial charge in [0, 0.05) is 5.56 Å². The van der Waals surface area contributed by atoms with Gasteiger partial charge in [0.05, 0.1) is 17.8 Å². The Morgan fingerprint density at radius 1 is 1.33 bits per heavy atom. The first-order valence-electron chi connectivity index (χ1n) is 5.95. The Kier molecular flexibility index (Phi) is 3.39. The van der Waals surface area contributed by atoms with Gasteiger partial charge in [-0.3, -0.25) is 0 Å². The van der Waals surface area contributed by atoms with Crippen molar-refractivity contribution in [1.29, 1.82) is 0 Å². The molecule has 1 aromatic carbocycles. The zero-order valence-electron chi connectivity index (χ0n) is 10.9. The van der Waals surface area contributed by atoms with Gasteiger partial charge in [-0.15, -0.1) is 0 Å². The first-order valence-corrected chi connectivity index (χ1v) is 6.33. The van der Waals surface area contributed by atoms with E-state index in [2.05, 4.69) is 9.72 Å². The van der Waals surface area contributed by atoms with Gasteiger partial charge >= 0.3 is 5.97 Å². The van der Waals surface area contributed by atoms with Crippen molar-refractivity contribution in [3.05, 3.63) is 40.8 Å². The molecule has 0 amide bonds. The maximum atomic E-state index is 14.4. The normalized spacial score (nSPS) is 12.3. The molecule has 0 radical (unpaired) electrons. The summed E-state index contributed by atoms with van der Waals surface area (Å²) in [4.78, 5) is 15.6. The summed E-state index contributed by atoms with van der Waals surface area (Å²) in [5, 5.41) is 0.131. The first-order chi connectivity index (χ1) is 10.1. The predicted octanol–water partition coefficient (Wildman–Crippen LogP) is 3.06. The summed E-state index contributed by atoms with van der Waals surface area (Å²) in [6.07, 6.45) is 0. The highest BCUT2D eigenvalue weighted by Crippen LogP contribution is 2.39. The zero-order chi connectivity index (χ0) is 15.0. The van der Waals surface area contributed by atoms with Gasteiger partial charge < -0.3 is 14.2 Å². The highest BCUT2D eigenvalue weighted by Gasteiger charge is 2.23. The van der Waals surface area contributed by atoms with Crippen LogP contribution in [0.25, 0.3) is 11.3 Å². The topological polar surface area (TPSA) is 57.7 Å². The van der Waals surface area contributed by atoms with E-state index in [4.69, 9.17) is 21.1 Å². The second-order valence-corrected chi connectivity index (χ2v) is 4.59. The molecule has 2 heterocycles. The predicted molar refractivity (Wildman–Crippen MR) is 72.1 cm³/mol. The fourth-order valence-electron chi connectivity index (χ4n) is 1.97. The molecule has 1 aliphatic rings. The lowest BCUT2D eigenvalue weighted by Gasteiger charge is -2.08. The molecule has 0 aliphatic carbocycles. The number of hydrogen-bond donors (Lipinski definition) is 0. The van der Waals surface area contributed by atoms with Crippen LogP contribution in [0.1, 0.15) is 10.5 Å². The molecule has 3 rings (SSSR count). The van der Waals surface area contributed by atoms with Gasteiger partial charge in [0.25, 0.3) is 0 Å². The lowest BCUT2D eigenvalue weighted by molar-refractivity contribution is 0.0594. The van der Waals surface area contributed by atoms with Crippen LogP contribution in [-0.2, 0) is 4.74 Å². The van der Waals surface area contributed by atoms with E-state index in [1.54, 1.807) is 6.07 Å². The molecule has 7 heteroatoms. The highest BCUT2D eigenvalue weighted by atomic mass is 35.5. The Morgan fingerprint density at radius 2 is 2.14 bits per heavy atom. The maximum Gasteiger partial charge on any atom is 0.358 e. The zero-order valence-corrected chi connectivity index (χ0v) is 11.6. The largest absolute Gasteiger partial charge is 0.464 e. The average Bonchev–Trinajstić information content (AvgIpc) is 2.97. The van der Waals surface area contributed by atoms with Crippen LogP contribution < -0.4 is 9.47 Å². The minimum atomic E-state index is -0.692. The average molecular weight is 310 g/mol. The van der Waals surface area contributed by atoms with Crippen LogP contribution in [0.4, 0.5) is 4.39 Å². The number of carbonyl (C=O) groups is 1. The SMILES string of the molecule is COC(=O)c1nc(-c2ccc3c(c2F)OCO3)ccc1Cl. The van der Waals surface area contributed by atoms with E-state index in [0.717, 1.165) is 0 Å². The van der Waals surface area contributed by atoms with Crippen LogP contribution in [0.5, 0.6) is 11.5 Å². The molecule has 0 bridgehead atoms. The van der Waals surface area contributed by atoms with Crippen LogP contribution in [0, 0.1) is 5.82 Å². The van der Waals surface area contributed by atoms with Crippen molar-refractivity contribution in [3.63, 3.8) is 0 Å². The molecular weight excluding hydrogens is 301 g/mol. The number of hydrogen-bond acceptors (Lipinski definition) is 5. The molecule has 0 spiro atoms. The summed E-state index contributed by atoms with van der Waals surface area (Å²) >= 11 is 5.89. The summed E-state index contributed by atoms with van der Waals surface area (Å²) in [6, 6.07) is 6.05. The Labute approximate surface area is 124 Å². The number of rotatable bonds is 2. The number of pyridine rings is 1. The minimum absolute atomic E-state index is 0.0306. The fourth-order valence-corrected chi connectivity index (χ4v) is 2.15. The van der Waals surface area contributed by atoms with Crippen molar-refractivity contribution in [2.24, 2.45) is 0 Å². The van der Waals surface area contributed by atoms with Crippen molar-refractivity contribution in [1.82, 2.24) is 4.98 Å². The lowest BCUT2D eigenvalue weighted by Crippen LogP contribution is -2.06. The molecule has 0 atom stereocenters. The molecular formula is C14H9ClFNO4. The number of carbonyl (C=O) groups excluding carboxylic acids is 1. The molecule has 0 N–H and O–H groups in total. The van der Waals surface area contributed by atoms with Gasteiger partial charge in [0.2, 0.25) is 12.5 Å². The van der Waals surface area contributed by atoms with Crippen molar-refractivity contribution >= 4 is 17.6 Å². The van der Waals surface area contributed by atoms with Gasteiger partial charge in [0.15, 0.2) is 17.3 Å².